The highest BCUT2D eigenvalue weighted by atomic mass is 35.5. The standard InChI is InChI=1S/C24H30ClN3O2/c1-30-23-8-6-22(7-9-23)27-14-16-28(17-15-27)24(29)20-10-12-26(13-11-20)18-19-2-4-21(25)5-3-19/h2-9,20H,10-18H2,1H3. The van der Waals surface area contributed by atoms with Gasteiger partial charge in [-0.25, -0.2) is 0 Å². The van der Waals surface area contributed by atoms with Crippen LogP contribution in [0.4, 0.5) is 5.69 Å². The molecule has 2 aliphatic rings. The number of rotatable bonds is 5. The van der Waals surface area contributed by atoms with Gasteiger partial charge in [0, 0.05) is 49.4 Å². The predicted molar refractivity (Wildman–Crippen MR) is 121 cm³/mol. The van der Waals surface area contributed by atoms with Crippen LogP contribution in [0.5, 0.6) is 5.75 Å². The molecule has 30 heavy (non-hydrogen) atoms. The average molecular weight is 428 g/mol. The number of piperidine rings is 1. The van der Waals surface area contributed by atoms with Crippen LogP contribution in [0.1, 0.15) is 18.4 Å². The van der Waals surface area contributed by atoms with Gasteiger partial charge in [-0.15, -0.1) is 0 Å². The lowest BCUT2D eigenvalue weighted by Crippen LogP contribution is -2.51. The minimum atomic E-state index is 0.166. The largest absolute Gasteiger partial charge is 0.497 e. The molecule has 6 heteroatoms. The molecule has 2 aromatic carbocycles. The molecule has 2 aliphatic heterocycles. The molecule has 2 aromatic rings. The third-order valence-electron chi connectivity index (χ3n) is 6.29. The summed E-state index contributed by atoms with van der Waals surface area (Å²) in [5.74, 6) is 1.38. The first-order valence-electron chi connectivity index (χ1n) is 10.8. The minimum absolute atomic E-state index is 0.166. The monoisotopic (exact) mass is 427 g/mol. The number of anilines is 1. The Morgan fingerprint density at radius 2 is 1.57 bits per heavy atom. The molecule has 1 amide bonds. The fourth-order valence-corrected chi connectivity index (χ4v) is 4.55. The Balaban J connectivity index is 1.23. The maximum atomic E-state index is 13.0. The molecule has 4 rings (SSSR count). The van der Waals surface area contributed by atoms with E-state index in [0.29, 0.717) is 5.91 Å². The van der Waals surface area contributed by atoms with Crippen LogP contribution in [-0.2, 0) is 11.3 Å². The highest BCUT2D eigenvalue weighted by molar-refractivity contribution is 6.30. The Bertz CT molecular complexity index is 825. The first kappa shape index (κ1) is 21.0. The van der Waals surface area contributed by atoms with Crippen LogP contribution in [0.25, 0.3) is 0 Å². The van der Waals surface area contributed by atoms with E-state index in [-0.39, 0.29) is 5.92 Å². The van der Waals surface area contributed by atoms with Crippen molar-refractivity contribution >= 4 is 23.2 Å². The van der Waals surface area contributed by atoms with E-state index in [4.69, 9.17) is 16.3 Å². The number of hydrogen-bond acceptors (Lipinski definition) is 4. The number of hydrogen-bond donors (Lipinski definition) is 0. The van der Waals surface area contributed by atoms with Crippen molar-refractivity contribution in [3.8, 4) is 5.75 Å². The highest BCUT2D eigenvalue weighted by Crippen LogP contribution is 2.24. The summed E-state index contributed by atoms with van der Waals surface area (Å²) in [6, 6.07) is 16.2. The summed E-state index contributed by atoms with van der Waals surface area (Å²) in [5, 5.41) is 0.773. The molecule has 0 atom stereocenters. The summed E-state index contributed by atoms with van der Waals surface area (Å²) >= 11 is 5.97. The van der Waals surface area contributed by atoms with Crippen molar-refractivity contribution in [2.24, 2.45) is 5.92 Å². The van der Waals surface area contributed by atoms with Crippen LogP contribution < -0.4 is 9.64 Å². The van der Waals surface area contributed by atoms with E-state index < -0.39 is 0 Å². The van der Waals surface area contributed by atoms with Gasteiger partial charge in [0.1, 0.15) is 5.75 Å². The predicted octanol–water partition coefficient (Wildman–Crippen LogP) is 3.91. The fraction of sp³-hybridized carbons (Fsp3) is 0.458. The molecule has 0 aromatic heterocycles. The van der Waals surface area contributed by atoms with E-state index in [2.05, 4.69) is 39.0 Å². The summed E-state index contributed by atoms with van der Waals surface area (Å²) < 4.78 is 5.24. The second kappa shape index (κ2) is 9.71. The lowest BCUT2D eigenvalue weighted by atomic mass is 9.94. The van der Waals surface area contributed by atoms with Gasteiger partial charge >= 0.3 is 0 Å². The average Bonchev–Trinajstić information content (AvgIpc) is 2.81. The number of benzene rings is 2. The third-order valence-corrected chi connectivity index (χ3v) is 6.54. The smallest absolute Gasteiger partial charge is 0.225 e. The van der Waals surface area contributed by atoms with Crippen LogP contribution in [0.15, 0.2) is 48.5 Å². The Morgan fingerprint density at radius 3 is 2.17 bits per heavy atom. The number of methoxy groups -OCH3 is 1. The molecule has 0 saturated carbocycles. The normalized spacial score (nSPS) is 18.5. The molecule has 2 heterocycles. The zero-order chi connectivity index (χ0) is 20.9. The zero-order valence-corrected chi connectivity index (χ0v) is 18.4. The van der Waals surface area contributed by atoms with Gasteiger partial charge in [0.05, 0.1) is 7.11 Å². The van der Waals surface area contributed by atoms with Gasteiger partial charge in [-0.3, -0.25) is 9.69 Å². The Kier molecular flexibility index (Phi) is 6.80. The lowest BCUT2D eigenvalue weighted by molar-refractivity contribution is -0.137. The number of piperazine rings is 1. The number of nitrogens with zero attached hydrogens (tertiary/aromatic N) is 3. The minimum Gasteiger partial charge on any atom is -0.497 e. The first-order valence-corrected chi connectivity index (χ1v) is 11.1. The maximum Gasteiger partial charge on any atom is 0.225 e. The van der Waals surface area contributed by atoms with Crippen LogP contribution in [0, 0.1) is 5.92 Å². The number of carbonyl (C=O) groups excluding carboxylic acids is 1. The van der Waals surface area contributed by atoms with Crippen molar-refractivity contribution in [3.63, 3.8) is 0 Å². The molecular formula is C24H30ClN3O2. The van der Waals surface area contributed by atoms with Crippen molar-refractivity contribution in [1.29, 1.82) is 0 Å². The molecule has 0 radical (unpaired) electrons. The van der Waals surface area contributed by atoms with Crippen LogP contribution in [0.2, 0.25) is 5.02 Å². The molecule has 2 saturated heterocycles. The van der Waals surface area contributed by atoms with Gasteiger partial charge in [-0.2, -0.15) is 0 Å². The van der Waals surface area contributed by atoms with Gasteiger partial charge < -0.3 is 14.5 Å². The van der Waals surface area contributed by atoms with Crippen molar-refractivity contribution in [3.05, 3.63) is 59.1 Å². The van der Waals surface area contributed by atoms with E-state index >= 15 is 0 Å². The Labute approximate surface area is 184 Å². The molecule has 0 aliphatic carbocycles. The number of amides is 1. The molecular weight excluding hydrogens is 398 g/mol. The first-order chi connectivity index (χ1) is 14.6. The fourth-order valence-electron chi connectivity index (χ4n) is 4.42. The highest BCUT2D eigenvalue weighted by Gasteiger charge is 2.30. The summed E-state index contributed by atoms with van der Waals surface area (Å²) in [4.78, 5) is 19.9. The Morgan fingerprint density at radius 1 is 0.933 bits per heavy atom. The molecule has 5 nitrogen and oxygen atoms in total. The number of ether oxygens (including phenoxy) is 1. The van der Waals surface area contributed by atoms with E-state index in [0.717, 1.165) is 69.4 Å². The Hall–Kier alpha value is -2.24. The van der Waals surface area contributed by atoms with Crippen LogP contribution >= 0.6 is 11.6 Å². The van der Waals surface area contributed by atoms with Crippen molar-refractivity contribution in [2.75, 3.05) is 51.3 Å². The van der Waals surface area contributed by atoms with Crippen LogP contribution in [-0.4, -0.2) is 62.1 Å². The number of likely N-dealkylation sites (tertiary alicyclic amines) is 1. The van der Waals surface area contributed by atoms with Crippen molar-refractivity contribution in [2.45, 2.75) is 19.4 Å². The second-order valence-electron chi connectivity index (χ2n) is 8.19. The molecule has 2 fully saturated rings. The van der Waals surface area contributed by atoms with E-state index in [1.54, 1.807) is 7.11 Å². The number of carbonyl (C=O) groups is 1. The summed E-state index contributed by atoms with van der Waals surface area (Å²) in [6.07, 6.45) is 1.90. The second-order valence-corrected chi connectivity index (χ2v) is 8.62. The topological polar surface area (TPSA) is 36.0 Å². The van der Waals surface area contributed by atoms with Gasteiger partial charge in [0.2, 0.25) is 5.91 Å². The molecule has 0 bridgehead atoms. The van der Waals surface area contributed by atoms with Crippen molar-refractivity contribution in [1.82, 2.24) is 9.80 Å². The lowest BCUT2D eigenvalue weighted by Gasteiger charge is -2.39. The third kappa shape index (κ3) is 5.08. The summed E-state index contributed by atoms with van der Waals surface area (Å²) in [5.41, 5.74) is 2.47. The summed E-state index contributed by atoms with van der Waals surface area (Å²) in [7, 11) is 1.68. The molecule has 0 unspecified atom stereocenters. The molecule has 0 spiro atoms. The maximum absolute atomic E-state index is 13.0. The molecule has 0 N–H and O–H groups in total. The molecule has 160 valence electrons. The van der Waals surface area contributed by atoms with Gasteiger partial charge in [0.15, 0.2) is 0 Å². The quantitative estimate of drug-likeness (QED) is 0.724. The van der Waals surface area contributed by atoms with Crippen LogP contribution in [0.3, 0.4) is 0 Å². The zero-order valence-electron chi connectivity index (χ0n) is 17.6. The number of halogens is 1. The van der Waals surface area contributed by atoms with Gasteiger partial charge in [0.25, 0.3) is 0 Å². The van der Waals surface area contributed by atoms with E-state index in [1.807, 2.05) is 24.3 Å². The van der Waals surface area contributed by atoms with Gasteiger partial charge in [-0.1, -0.05) is 23.7 Å². The summed E-state index contributed by atoms with van der Waals surface area (Å²) in [6.45, 7) is 6.25. The van der Waals surface area contributed by atoms with Crippen molar-refractivity contribution < 1.29 is 9.53 Å². The SMILES string of the molecule is COc1ccc(N2CCN(C(=O)C3CCN(Cc4ccc(Cl)cc4)CC3)CC2)cc1. The van der Waals surface area contributed by atoms with Gasteiger partial charge in [-0.05, 0) is 67.9 Å². The van der Waals surface area contributed by atoms with E-state index in [1.165, 1.54) is 11.3 Å². The van der Waals surface area contributed by atoms with E-state index in [9.17, 15) is 4.79 Å².